The molecule has 0 atom stereocenters. The van der Waals surface area contributed by atoms with Gasteiger partial charge in [0.25, 0.3) is 5.91 Å². The predicted octanol–water partition coefficient (Wildman–Crippen LogP) is 1.62. The normalized spacial score (nSPS) is 9.50. The molecule has 0 aliphatic carbocycles. The first-order valence-electron chi connectivity index (χ1n) is 3.93. The lowest BCUT2D eigenvalue weighted by Crippen LogP contribution is -2.22. The number of hydrogen-bond donors (Lipinski definition) is 1. The molecule has 0 spiro atoms. The Balaban J connectivity index is 3.37. The maximum Gasteiger partial charge on any atom is 0.257 e. The predicted molar refractivity (Wildman–Crippen MR) is 51.8 cm³/mol. The van der Waals surface area contributed by atoms with E-state index in [0.29, 0.717) is 6.61 Å². The summed E-state index contributed by atoms with van der Waals surface area (Å²) in [4.78, 5) is 10.8. The van der Waals surface area contributed by atoms with Gasteiger partial charge in [-0.05, 0) is 12.5 Å². The lowest BCUT2D eigenvalue weighted by molar-refractivity contribution is -0.124. The molecule has 0 fully saturated rings. The van der Waals surface area contributed by atoms with Crippen molar-refractivity contribution in [1.29, 1.82) is 0 Å². The summed E-state index contributed by atoms with van der Waals surface area (Å²) in [5.74, 6) is -0.241. The first-order valence-corrected chi connectivity index (χ1v) is 4.33. The molecule has 0 N–H and O–H groups in total. The second-order valence-corrected chi connectivity index (χ2v) is 2.82. The molecule has 0 aromatic carbocycles. The van der Waals surface area contributed by atoms with Crippen molar-refractivity contribution in [3.63, 3.8) is 0 Å². The Kier molecular flexibility index (Phi) is 6.90. The van der Waals surface area contributed by atoms with Crippen molar-refractivity contribution in [3.8, 4) is 0 Å². The van der Waals surface area contributed by atoms with Crippen molar-refractivity contribution in [2.24, 2.45) is 0 Å². The van der Waals surface area contributed by atoms with Crippen LogP contribution in [0.4, 0.5) is 0 Å². The molecule has 0 saturated heterocycles. The third-order valence-corrected chi connectivity index (χ3v) is 1.60. The van der Waals surface area contributed by atoms with Crippen molar-refractivity contribution in [2.45, 2.75) is 19.8 Å². The number of rotatable bonds is 6. The van der Waals surface area contributed by atoms with Crippen molar-refractivity contribution in [2.75, 3.05) is 13.3 Å². The molecule has 12 heavy (non-hydrogen) atoms. The fourth-order valence-corrected chi connectivity index (χ4v) is 0.730. The van der Waals surface area contributed by atoms with Crippen LogP contribution in [0.15, 0.2) is 12.7 Å². The van der Waals surface area contributed by atoms with Gasteiger partial charge in [-0.25, -0.2) is 0 Å². The third-order valence-electron chi connectivity index (χ3n) is 1.28. The number of amides is 1. The van der Waals surface area contributed by atoms with Crippen LogP contribution in [0.2, 0.25) is 0 Å². The first kappa shape index (κ1) is 11.5. The summed E-state index contributed by atoms with van der Waals surface area (Å²) in [6, 6.07) is 0. The molecule has 3 nitrogen and oxygen atoms in total. The molecule has 1 amide bonds. The fourth-order valence-electron chi connectivity index (χ4n) is 0.566. The van der Waals surface area contributed by atoms with Gasteiger partial charge in [-0.3, -0.25) is 9.10 Å². The molecule has 0 saturated carbocycles. The highest BCUT2D eigenvalue weighted by Gasteiger charge is 2.03. The number of thiol groups is 1. The SMILES string of the molecule is C=CC(=O)N(S)COCCCC. The van der Waals surface area contributed by atoms with E-state index in [1.54, 1.807) is 0 Å². The summed E-state index contributed by atoms with van der Waals surface area (Å²) in [7, 11) is 0. The zero-order chi connectivity index (χ0) is 9.40. The highest BCUT2D eigenvalue weighted by molar-refractivity contribution is 7.78. The molecule has 0 aromatic heterocycles. The molecule has 0 aliphatic rings. The fraction of sp³-hybridized carbons (Fsp3) is 0.625. The smallest absolute Gasteiger partial charge is 0.257 e. The molecule has 4 heteroatoms. The second-order valence-electron chi connectivity index (χ2n) is 2.33. The van der Waals surface area contributed by atoms with Gasteiger partial charge in [0.2, 0.25) is 0 Å². The van der Waals surface area contributed by atoms with Gasteiger partial charge < -0.3 is 4.74 Å². The topological polar surface area (TPSA) is 29.5 Å². The van der Waals surface area contributed by atoms with Gasteiger partial charge in [-0.1, -0.05) is 32.7 Å². The van der Waals surface area contributed by atoms with Crippen molar-refractivity contribution in [1.82, 2.24) is 4.31 Å². The van der Waals surface area contributed by atoms with Crippen molar-refractivity contribution in [3.05, 3.63) is 12.7 Å². The van der Waals surface area contributed by atoms with Crippen LogP contribution in [0.1, 0.15) is 19.8 Å². The van der Waals surface area contributed by atoms with Crippen LogP contribution in [-0.4, -0.2) is 23.6 Å². The van der Waals surface area contributed by atoms with Crippen molar-refractivity contribution >= 4 is 18.7 Å². The number of nitrogens with zero attached hydrogens (tertiary/aromatic N) is 1. The maximum atomic E-state index is 10.8. The molecule has 0 rings (SSSR count). The molecule has 0 radical (unpaired) electrons. The van der Waals surface area contributed by atoms with E-state index in [1.165, 1.54) is 10.4 Å². The Morgan fingerprint density at radius 1 is 1.75 bits per heavy atom. The van der Waals surface area contributed by atoms with E-state index in [4.69, 9.17) is 4.74 Å². The Morgan fingerprint density at radius 2 is 2.42 bits per heavy atom. The van der Waals surface area contributed by atoms with Crippen LogP contribution in [0.5, 0.6) is 0 Å². The van der Waals surface area contributed by atoms with E-state index in [0.717, 1.165) is 12.8 Å². The molecule has 0 unspecified atom stereocenters. The summed E-state index contributed by atoms with van der Waals surface area (Å²) in [6.07, 6.45) is 3.29. The summed E-state index contributed by atoms with van der Waals surface area (Å²) in [6.45, 7) is 6.29. The van der Waals surface area contributed by atoms with Crippen molar-refractivity contribution < 1.29 is 9.53 Å². The lowest BCUT2D eigenvalue weighted by atomic mass is 10.4. The summed E-state index contributed by atoms with van der Waals surface area (Å²) in [5, 5.41) is 0. The largest absolute Gasteiger partial charge is 0.360 e. The number of carbonyl (C=O) groups is 1. The third kappa shape index (κ3) is 5.21. The second kappa shape index (κ2) is 7.18. The molecular weight excluding hydrogens is 174 g/mol. The Labute approximate surface area is 78.9 Å². The molecule has 70 valence electrons. The minimum Gasteiger partial charge on any atom is -0.360 e. The van der Waals surface area contributed by atoms with Gasteiger partial charge in [0.15, 0.2) is 0 Å². The minimum atomic E-state index is -0.241. The Morgan fingerprint density at radius 3 is 2.92 bits per heavy atom. The van der Waals surface area contributed by atoms with Gasteiger partial charge in [0.05, 0.1) is 0 Å². The monoisotopic (exact) mass is 189 g/mol. The van der Waals surface area contributed by atoms with Crippen LogP contribution in [0.25, 0.3) is 0 Å². The Bertz CT molecular complexity index is 150. The quantitative estimate of drug-likeness (QED) is 0.298. The lowest BCUT2D eigenvalue weighted by Gasteiger charge is -2.12. The minimum absolute atomic E-state index is 0.216. The summed E-state index contributed by atoms with van der Waals surface area (Å²) in [5.41, 5.74) is 0. The Hall–Kier alpha value is -0.480. The standard InChI is InChI=1S/C8H15NO2S/c1-3-5-6-11-7-9(12)8(10)4-2/h4,12H,2-3,5-7H2,1H3. The molecule has 0 aromatic rings. The number of hydrogen-bond acceptors (Lipinski definition) is 3. The highest BCUT2D eigenvalue weighted by Crippen LogP contribution is 1.96. The van der Waals surface area contributed by atoms with Crippen LogP contribution in [-0.2, 0) is 9.53 Å². The number of ether oxygens (including phenoxy) is 1. The first-order chi connectivity index (χ1) is 5.72. The average molecular weight is 189 g/mol. The van der Waals surface area contributed by atoms with Gasteiger partial charge in [0, 0.05) is 6.61 Å². The van der Waals surface area contributed by atoms with E-state index < -0.39 is 0 Å². The van der Waals surface area contributed by atoms with E-state index in [2.05, 4.69) is 26.3 Å². The van der Waals surface area contributed by atoms with Crippen LogP contribution in [0.3, 0.4) is 0 Å². The van der Waals surface area contributed by atoms with Gasteiger partial charge >= 0.3 is 0 Å². The van der Waals surface area contributed by atoms with Gasteiger partial charge in [0.1, 0.15) is 6.73 Å². The molecule has 0 bridgehead atoms. The van der Waals surface area contributed by atoms with E-state index in [-0.39, 0.29) is 12.6 Å². The van der Waals surface area contributed by atoms with Gasteiger partial charge in [-0.2, -0.15) is 0 Å². The van der Waals surface area contributed by atoms with Gasteiger partial charge in [-0.15, -0.1) is 0 Å². The van der Waals surface area contributed by atoms with E-state index in [1.807, 2.05) is 0 Å². The maximum absolute atomic E-state index is 10.8. The average Bonchev–Trinajstić information content (AvgIpc) is 2.10. The van der Waals surface area contributed by atoms with Crippen LogP contribution < -0.4 is 0 Å². The van der Waals surface area contributed by atoms with Crippen LogP contribution >= 0.6 is 12.8 Å². The summed E-state index contributed by atoms with van der Waals surface area (Å²) >= 11 is 3.89. The highest BCUT2D eigenvalue weighted by atomic mass is 32.1. The van der Waals surface area contributed by atoms with E-state index >= 15 is 0 Å². The molecule has 0 heterocycles. The zero-order valence-corrected chi connectivity index (χ0v) is 8.22. The van der Waals surface area contributed by atoms with E-state index in [9.17, 15) is 4.79 Å². The van der Waals surface area contributed by atoms with Crippen LogP contribution in [0, 0.1) is 0 Å². The zero-order valence-electron chi connectivity index (χ0n) is 7.32. The molecular formula is C8H15NO2S. The number of unbranched alkanes of at least 4 members (excludes halogenated alkanes) is 1. The summed E-state index contributed by atoms with van der Waals surface area (Å²) < 4.78 is 6.32. The number of carbonyl (C=O) groups excluding carboxylic acids is 1. The molecule has 0 aliphatic heterocycles.